The number of aromatic nitrogens is 2. The van der Waals surface area contributed by atoms with Crippen LogP contribution >= 0.6 is 0 Å². The molecule has 0 unspecified atom stereocenters. The summed E-state index contributed by atoms with van der Waals surface area (Å²) in [7, 11) is 0. The molecule has 1 saturated carbocycles. The molecule has 31 heavy (non-hydrogen) atoms. The van der Waals surface area contributed by atoms with Crippen LogP contribution in [-0.2, 0) is 22.1 Å². The number of rotatable bonds is 5. The van der Waals surface area contributed by atoms with Gasteiger partial charge in [-0.1, -0.05) is 30.3 Å². The van der Waals surface area contributed by atoms with Crippen molar-refractivity contribution in [3.05, 3.63) is 59.7 Å². The highest BCUT2D eigenvalue weighted by atomic mass is 19.4. The summed E-state index contributed by atoms with van der Waals surface area (Å²) in [6.07, 6.45) is -2.18. The lowest BCUT2D eigenvalue weighted by atomic mass is 9.78. The van der Waals surface area contributed by atoms with E-state index in [1.165, 1.54) is 6.07 Å². The zero-order valence-corrected chi connectivity index (χ0v) is 17.3. The van der Waals surface area contributed by atoms with Crippen molar-refractivity contribution in [2.75, 3.05) is 5.32 Å². The second kappa shape index (κ2) is 7.37. The number of aliphatic hydroxyl groups is 1. The molecule has 0 radical (unpaired) electrons. The predicted octanol–water partition coefficient (Wildman–Crippen LogP) is 5.19. The molecular formula is C23H24F3N3O2. The van der Waals surface area contributed by atoms with Crippen LogP contribution in [0.1, 0.15) is 50.7 Å². The van der Waals surface area contributed by atoms with Gasteiger partial charge in [0.05, 0.1) is 28.6 Å². The minimum Gasteiger partial charge on any atom is -0.385 e. The van der Waals surface area contributed by atoms with Gasteiger partial charge in [-0.25, -0.2) is 4.98 Å². The van der Waals surface area contributed by atoms with Crippen LogP contribution in [-0.4, -0.2) is 20.6 Å². The third-order valence-electron chi connectivity index (χ3n) is 6.10. The number of imidazole rings is 1. The van der Waals surface area contributed by atoms with Crippen LogP contribution in [0.15, 0.2) is 48.5 Å². The first-order valence-electron chi connectivity index (χ1n) is 10.2. The number of amides is 1. The Kier molecular flexibility index (Phi) is 5.08. The van der Waals surface area contributed by atoms with Gasteiger partial charge in [0.2, 0.25) is 11.9 Å². The van der Waals surface area contributed by atoms with Gasteiger partial charge in [-0.2, -0.15) is 13.2 Å². The lowest BCUT2D eigenvalue weighted by Crippen LogP contribution is -2.39. The monoisotopic (exact) mass is 431 g/mol. The number of benzene rings is 2. The van der Waals surface area contributed by atoms with Crippen molar-refractivity contribution < 1.29 is 23.1 Å². The van der Waals surface area contributed by atoms with Crippen molar-refractivity contribution in [3.8, 4) is 0 Å². The Morgan fingerprint density at radius 3 is 2.42 bits per heavy atom. The number of fused-ring (bicyclic) bond motifs is 1. The summed E-state index contributed by atoms with van der Waals surface area (Å²) in [5, 5.41) is 13.5. The summed E-state index contributed by atoms with van der Waals surface area (Å²) in [6.45, 7) is 3.50. The number of halogens is 3. The molecule has 164 valence electrons. The average molecular weight is 431 g/mol. The number of anilines is 1. The number of alkyl halides is 3. The molecule has 2 N–H and O–H groups in total. The molecule has 1 aliphatic rings. The van der Waals surface area contributed by atoms with Gasteiger partial charge in [0.25, 0.3) is 0 Å². The van der Waals surface area contributed by atoms with Gasteiger partial charge in [0.15, 0.2) is 0 Å². The molecule has 3 aromatic rings. The van der Waals surface area contributed by atoms with Gasteiger partial charge in [-0.05, 0) is 56.9 Å². The van der Waals surface area contributed by atoms with Crippen molar-refractivity contribution in [2.24, 2.45) is 0 Å². The summed E-state index contributed by atoms with van der Waals surface area (Å²) in [4.78, 5) is 17.2. The van der Waals surface area contributed by atoms with Crippen LogP contribution in [0.4, 0.5) is 19.1 Å². The Hall–Kier alpha value is -2.87. The van der Waals surface area contributed by atoms with Crippen molar-refractivity contribution in [1.82, 2.24) is 9.55 Å². The van der Waals surface area contributed by atoms with Crippen molar-refractivity contribution >= 4 is 22.9 Å². The second-order valence-corrected chi connectivity index (χ2v) is 8.69. The third-order valence-corrected chi connectivity index (χ3v) is 6.10. The van der Waals surface area contributed by atoms with E-state index in [-0.39, 0.29) is 12.4 Å². The maximum absolute atomic E-state index is 13.3. The second-order valence-electron chi connectivity index (χ2n) is 8.69. The Bertz CT molecular complexity index is 1120. The summed E-state index contributed by atoms with van der Waals surface area (Å²) in [5.74, 6) is -0.269. The summed E-state index contributed by atoms with van der Waals surface area (Å²) < 4.78 is 41.5. The Morgan fingerprint density at radius 1 is 1.16 bits per heavy atom. The molecule has 0 aliphatic heterocycles. The van der Waals surface area contributed by atoms with Crippen molar-refractivity contribution in [2.45, 2.75) is 56.8 Å². The van der Waals surface area contributed by atoms with E-state index in [1.807, 2.05) is 13.0 Å². The number of carbonyl (C=O) groups is 1. The summed E-state index contributed by atoms with van der Waals surface area (Å²) in [6, 6.07) is 12.2. The van der Waals surface area contributed by atoms with E-state index in [2.05, 4.69) is 10.3 Å². The number of nitrogens with zero attached hydrogens (tertiary/aromatic N) is 2. The molecule has 4 rings (SSSR count). The first kappa shape index (κ1) is 21.4. The lowest BCUT2D eigenvalue weighted by Gasteiger charge is -2.41. The Balaban J connectivity index is 1.68. The number of hydrogen-bond donors (Lipinski definition) is 2. The molecule has 5 nitrogen and oxygen atoms in total. The van der Waals surface area contributed by atoms with Gasteiger partial charge in [0.1, 0.15) is 0 Å². The van der Waals surface area contributed by atoms with Crippen LogP contribution in [0.25, 0.3) is 11.0 Å². The van der Waals surface area contributed by atoms with Gasteiger partial charge >= 0.3 is 6.18 Å². The van der Waals surface area contributed by atoms with Gasteiger partial charge < -0.3 is 9.67 Å². The first-order valence-corrected chi connectivity index (χ1v) is 10.2. The fourth-order valence-electron chi connectivity index (χ4n) is 4.17. The molecule has 1 fully saturated rings. The van der Waals surface area contributed by atoms with Gasteiger partial charge in [0, 0.05) is 5.54 Å². The third kappa shape index (κ3) is 4.04. The minimum atomic E-state index is -4.47. The molecule has 1 atom stereocenters. The molecule has 1 aromatic heterocycles. The van der Waals surface area contributed by atoms with Crippen LogP contribution < -0.4 is 5.32 Å². The molecule has 1 heterocycles. The van der Waals surface area contributed by atoms with E-state index in [1.54, 1.807) is 35.8 Å². The van der Waals surface area contributed by atoms with Gasteiger partial charge in [-0.3, -0.25) is 10.1 Å². The normalized spacial score (nSPS) is 17.7. The SMILES string of the molecule is CC1(n2c(NC(=O)C[C@](C)(O)c3ccccc3)nc3ccc(C(F)(F)F)cc32)CCC1. The van der Waals surface area contributed by atoms with E-state index in [0.717, 1.165) is 31.4 Å². The van der Waals surface area contributed by atoms with E-state index < -0.39 is 28.8 Å². The Morgan fingerprint density at radius 2 is 1.84 bits per heavy atom. The van der Waals surface area contributed by atoms with Gasteiger partial charge in [-0.15, -0.1) is 0 Å². The van der Waals surface area contributed by atoms with E-state index in [9.17, 15) is 23.1 Å². The fraction of sp³-hybridized carbons (Fsp3) is 0.391. The zero-order chi connectivity index (χ0) is 22.4. The topological polar surface area (TPSA) is 67.2 Å². The minimum absolute atomic E-state index is 0.199. The smallest absolute Gasteiger partial charge is 0.385 e. The van der Waals surface area contributed by atoms with Crippen LogP contribution in [0.2, 0.25) is 0 Å². The molecule has 8 heteroatoms. The summed E-state index contributed by atoms with van der Waals surface area (Å²) in [5.41, 5.74) is -1.27. The number of carbonyl (C=O) groups excluding carboxylic acids is 1. The molecule has 0 saturated heterocycles. The Labute approximate surface area is 177 Å². The largest absolute Gasteiger partial charge is 0.416 e. The highest BCUT2D eigenvalue weighted by Gasteiger charge is 2.39. The molecular weight excluding hydrogens is 407 g/mol. The highest BCUT2D eigenvalue weighted by Crippen LogP contribution is 2.44. The fourth-order valence-corrected chi connectivity index (χ4v) is 4.17. The molecule has 0 bridgehead atoms. The highest BCUT2D eigenvalue weighted by molar-refractivity contribution is 5.92. The van der Waals surface area contributed by atoms with E-state index in [0.29, 0.717) is 16.6 Å². The quantitative estimate of drug-likeness (QED) is 0.584. The summed E-state index contributed by atoms with van der Waals surface area (Å²) >= 11 is 0. The van der Waals surface area contributed by atoms with Crippen molar-refractivity contribution in [1.29, 1.82) is 0 Å². The van der Waals surface area contributed by atoms with E-state index >= 15 is 0 Å². The molecule has 1 aliphatic carbocycles. The van der Waals surface area contributed by atoms with Crippen LogP contribution in [0.5, 0.6) is 0 Å². The maximum atomic E-state index is 13.3. The zero-order valence-electron chi connectivity index (χ0n) is 17.3. The standard InChI is InChI=1S/C23H24F3N3O2/c1-21(11-6-12-21)29-18-13-16(23(24,25)26)9-10-17(18)27-20(29)28-19(30)14-22(2,31)15-7-4-3-5-8-15/h3-5,7-10,13,31H,6,11-12,14H2,1-2H3,(H,27,28,30)/t22-/m0/s1. The number of nitrogens with one attached hydrogen (secondary N) is 1. The maximum Gasteiger partial charge on any atom is 0.416 e. The molecule has 2 aromatic carbocycles. The lowest BCUT2D eigenvalue weighted by molar-refractivity contribution is -0.137. The average Bonchev–Trinajstić information content (AvgIpc) is 3.02. The first-order chi connectivity index (χ1) is 14.5. The van der Waals surface area contributed by atoms with E-state index in [4.69, 9.17) is 0 Å². The molecule has 0 spiro atoms. The number of hydrogen-bond acceptors (Lipinski definition) is 3. The van der Waals surface area contributed by atoms with Crippen LogP contribution in [0, 0.1) is 0 Å². The van der Waals surface area contributed by atoms with Crippen LogP contribution in [0.3, 0.4) is 0 Å². The van der Waals surface area contributed by atoms with Crippen molar-refractivity contribution in [3.63, 3.8) is 0 Å². The molecule has 1 amide bonds. The predicted molar refractivity (Wildman–Crippen MR) is 111 cm³/mol.